The number of hydrogen-bond donors (Lipinski definition) is 2. The van der Waals surface area contributed by atoms with E-state index in [1.54, 1.807) is 0 Å². The van der Waals surface area contributed by atoms with Crippen molar-refractivity contribution in [1.29, 1.82) is 0 Å². The van der Waals surface area contributed by atoms with Gasteiger partial charge in [0.15, 0.2) is 0 Å². The van der Waals surface area contributed by atoms with E-state index in [4.69, 9.17) is 5.11 Å². The van der Waals surface area contributed by atoms with Crippen molar-refractivity contribution in [2.45, 2.75) is 38.6 Å². The smallest absolute Gasteiger partial charge is 0.303 e. The van der Waals surface area contributed by atoms with Crippen molar-refractivity contribution < 1.29 is 14.7 Å². The van der Waals surface area contributed by atoms with Gasteiger partial charge in [-0.25, -0.2) is 0 Å². The van der Waals surface area contributed by atoms with Crippen LogP contribution in [0.2, 0.25) is 0 Å². The zero-order valence-corrected chi connectivity index (χ0v) is 16.3. The number of piperidine rings is 1. The fraction of sp³-hybridized carbons (Fsp3) is 0.391. The van der Waals surface area contributed by atoms with Crippen LogP contribution < -0.4 is 5.32 Å². The molecule has 0 spiro atoms. The number of benzene rings is 2. The summed E-state index contributed by atoms with van der Waals surface area (Å²) < 4.78 is 0. The molecule has 2 aromatic rings. The maximum absolute atomic E-state index is 12.9. The van der Waals surface area contributed by atoms with Gasteiger partial charge in [0.1, 0.15) is 0 Å². The van der Waals surface area contributed by atoms with Gasteiger partial charge in [-0.2, -0.15) is 0 Å². The molecule has 0 aromatic heterocycles. The Balaban J connectivity index is 1.66. The second kappa shape index (κ2) is 9.51. The predicted molar refractivity (Wildman–Crippen MR) is 111 cm³/mol. The Morgan fingerprint density at radius 3 is 2.61 bits per heavy atom. The van der Waals surface area contributed by atoms with Crippen LogP contribution in [0.25, 0.3) is 11.1 Å². The summed E-state index contributed by atoms with van der Waals surface area (Å²) in [5.74, 6) is -0.431. The van der Waals surface area contributed by atoms with Crippen LogP contribution in [-0.2, 0) is 9.59 Å². The fourth-order valence-corrected chi connectivity index (χ4v) is 3.88. The maximum atomic E-state index is 12.9. The molecule has 148 valence electrons. The van der Waals surface area contributed by atoms with Gasteiger partial charge in [-0.3, -0.25) is 14.5 Å². The second-order valence-electron chi connectivity index (χ2n) is 7.51. The average molecular weight is 380 g/mol. The van der Waals surface area contributed by atoms with E-state index in [9.17, 15) is 9.59 Å². The molecule has 1 heterocycles. The predicted octanol–water partition coefficient (Wildman–Crippen LogP) is 4.26. The van der Waals surface area contributed by atoms with E-state index in [-0.39, 0.29) is 18.4 Å². The Kier molecular flexibility index (Phi) is 6.82. The zero-order valence-electron chi connectivity index (χ0n) is 16.3. The SMILES string of the molecule is CC(C(=O)Nc1ccccc1-c1ccccc1)N1CCCC(CCC(=O)O)C1. The summed E-state index contributed by atoms with van der Waals surface area (Å²) in [6, 6.07) is 17.6. The molecule has 3 rings (SSSR count). The molecule has 2 atom stereocenters. The number of likely N-dealkylation sites (tertiary alicyclic amines) is 1. The minimum absolute atomic E-state index is 0.0257. The first-order valence-electron chi connectivity index (χ1n) is 9.95. The number of nitrogens with zero attached hydrogens (tertiary/aromatic N) is 1. The molecule has 5 heteroatoms. The van der Waals surface area contributed by atoms with Gasteiger partial charge < -0.3 is 10.4 Å². The minimum atomic E-state index is -0.750. The summed E-state index contributed by atoms with van der Waals surface area (Å²) in [7, 11) is 0. The molecule has 0 radical (unpaired) electrons. The highest BCUT2D eigenvalue weighted by Crippen LogP contribution is 2.28. The Labute approximate surface area is 166 Å². The van der Waals surface area contributed by atoms with Gasteiger partial charge in [-0.15, -0.1) is 0 Å². The summed E-state index contributed by atoms with van der Waals surface area (Å²) in [6.07, 6.45) is 2.91. The van der Waals surface area contributed by atoms with Crippen molar-refractivity contribution in [1.82, 2.24) is 4.90 Å². The molecule has 1 amide bonds. The molecule has 1 aliphatic rings. The van der Waals surface area contributed by atoms with Crippen molar-refractivity contribution >= 4 is 17.6 Å². The number of para-hydroxylation sites is 1. The van der Waals surface area contributed by atoms with E-state index < -0.39 is 5.97 Å². The summed E-state index contributed by atoms with van der Waals surface area (Å²) in [5, 5.41) is 12.0. The number of carboxylic acids is 1. The molecule has 2 unspecified atom stereocenters. The average Bonchev–Trinajstić information content (AvgIpc) is 2.73. The lowest BCUT2D eigenvalue weighted by Gasteiger charge is -2.36. The second-order valence-corrected chi connectivity index (χ2v) is 7.51. The minimum Gasteiger partial charge on any atom is -0.481 e. The highest BCUT2D eigenvalue weighted by Gasteiger charge is 2.28. The van der Waals surface area contributed by atoms with E-state index in [2.05, 4.69) is 10.2 Å². The third-order valence-corrected chi connectivity index (χ3v) is 5.51. The van der Waals surface area contributed by atoms with E-state index in [1.165, 1.54) is 0 Å². The van der Waals surface area contributed by atoms with Crippen LogP contribution in [0.1, 0.15) is 32.6 Å². The molecule has 1 fully saturated rings. The monoisotopic (exact) mass is 380 g/mol. The molecule has 2 N–H and O–H groups in total. The molecule has 1 aliphatic heterocycles. The Hall–Kier alpha value is -2.66. The molecular formula is C23H28N2O3. The lowest BCUT2D eigenvalue weighted by atomic mass is 9.92. The number of rotatable bonds is 7. The van der Waals surface area contributed by atoms with Crippen LogP contribution >= 0.6 is 0 Å². The van der Waals surface area contributed by atoms with Gasteiger partial charge in [0.25, 0.3) is 0 Å². The topological polar surface area (TPSA) is 69.6 Å². The quantitative estimate of drug-likeness (QED) is 0.753. The van der Waals surface area contributed by atoms with Crippen molar-refractivity contribution in [2.75, 3.05) is 18.4 Å². The van der Waals surface area contributed by atoms with E-state index in [0.29, 0.717) is 12.3 Å². The molecule has 0 bridgehead atoms. The van der Waals surface area contributed by atoms with E-state index in [0.717, 1.165) is 42.7 Å². The van der Waals surface area contributed by atoms with Crippen LogP contribution in [0, 0.1) is 5.92 Å². The van der Waals surface area contributed by atoms with Gasteiger partial charge in [0, 0.05) is 24.2 Å². The lowest BCUT2D eigenvalue weighted by molar-refractivity contribution is -0.137. The van der Waals surface area contributed by atoms with Crippen LogP contribution in [-0.4, -0.2) is 41.0 Å². The van der Waals surface area contributed by atoms with Gasteiger partial charge >= 0.3 is 5.97 Å². The molecule has 1 saturated heterocycles. The van der Waals surface area contributed by atoms with Crippen molar-refractivity contribution in [3.05, 3.63) is 54.6 Å². The third kappa shape index (κ3) is 5.20. The number of hydrogen-bond acceptors (Lipinski definition) is 3. The van der Waals surface area contributed by atoms with Crippen LogP contribution in [0.5, 0.6) is 0 Å². The summed E-state index contributed by atoms with van der Waals surface area (Å²) >= 11 is 0. The van der Waals surface area contributed by atoms with Crippen molar-refractivity contribution in [3.8, 4) is 11.1 Å². The number of carbonyl (C=O) groups excluding carboxylic acids is 1. The number of nitrogens with one attached hydrogen (secondary N) is 1. The Morgan fingerprint density at radius 1 is 1.14 bits per heavy atom. The first-order chi connectivity index (χ1) is 13.5. The van der Waals surface area contributed by atoms with E-state index >= 15 is 0 Å². The normalized spacial score (nSPS) is 18.4. The number of carboxylic acid groups (broad SMARTS) is 1. The van der Waals surface area contributed by atoms with Gasteiger partial charge in [-0.1, -0.05) is 48.5 Å². The van der Waals surface area contributed by atoms with Gasteiger partial charge in [0.05, 0.1) is 6.04 Å². The molecule has 2 aromatic carbocycles. The summed E-state index contributed by atoms with van der Waals surface area (Å²) in [4.78, 5) is 25.9. The Bertz CT molecular complexity index is 807. The highest BCUT2D eigenvalue weighted by molar-refractivity contribution is 5.98. The van der Waals surface area contributed by atoms with E-state index in [1.807, 2.05) is 61.5 Å². The fourth-order valence-electron chi connectivity index (χ4n) is 3.88. The first kappa shape index (κ1) is 20.1. The largest absolute Gasteiger partial charge is 0.481 e. The molecule has 5 nitrogen and oxygen atoms in total. The number of anilines is 1. The summed E-state index contributed by atoms with van der Waals surface area (Å²) in [5.41, 5.74) is 2.88. The van der Waals surface area contributed by atoms with Gasteiger partial charge in [0.2, 0.25) is 5.91 Å². The third-order valence-electron chi connectivity index (χ3n) is 5.51. The first-order valence-corrected chi connectivity index (χ1v) is 9.95. The molecule has 0 saturated carbocycles. The maximum Gasteiger partial charge on any atom is 0.303 e. The number of aliphatic carboxylic acids is 1. The standard InChI is InChI=1S/C23H28N2O3/c1-17(25-15-7-8-18(16-25)13-14-22(26)27)23(28)24-21-12-6-5-11-20(21)19-9-3-2-4-10-19/h2-6,9-12,17-18H,7-8,13-16H2,1H3,(H,24,28)(H,26,27). The van der Waals surface area contributed by atoms with Crippen LogP contribution in [0.3, 0.4) is 0 Å². The number of carbonyl (C=O) groups is 2. The van der Waals surface area contributed by atoms with Gasteiger partial charge in [-0.05, 0) is 50.3 Å². The van der Waals surface area contributed by atoms with Crippen molar-refractivity contribution in [2.24, 2.45) is 5.92 Å². The van der Waals surface area contributed by atoms with Crippen LogP contribution in [0.15, 0.2) is 54.6 Å². The highest BCUT2D eigenvalue weighted by atomic mass is 16.4. The Morgan fingerprint density at radius 2 is 1.86 bits per heavy atom. The molecule has 0 aliphatic carbocycles. The zero-order chi connectivity index (χ0) is 19.9. The summed E-state index contributed by atoms with van der Waals surface area (Å²) in [6.45, 7) is 3.58. The number of amides is 1. The van der Waals surface area contributed by atoms with Crippen LogP contribution in [0.4, 0.5) is 5.69 Å². The molecular weight excluding hydrogens is 352 g/mol. The van der Waals surface area contributed by atoms with Crippen molar-refractivity contribution in [3.63, 3.8) is 0 Å². The molecule has 28 heavy (non-hydrogen) atoms. The lowest BCUT2D eigenvalue weighted by Crippen LogP contribution is -2.47.